The number of alkyl carbamates (subject to hydrolysis) is 1. The molecule has 0 fully saturated rings. The minimum atomic E-state index is -0.508. The average Bonchev–Trinajstić information content (AvgIpc) is 2.38. The molecule has 6 heteroatoms. The smallest absolute Gasteiger partial charge is 0.407 e. The van der Waals surface area contributed by atoms with Crippen LogP contribution in [0.15, 0.2) is 18.2 Å². The zero-order chi connectivity index (χ0) is 16.8. The SMILES string of the molecule is CC(NCCCNC(=O)OC(C)(C)C)c1cc(F)ccc1O. The Morgan fingerprint density at radius 2 is 2.05 bits per heavy atom. The van der Waals surface area contributed by atoms with E-state index in [1.807, 2.05) is 6.92 Å². The van der Waals surface area contributed by atoms with Crippen LogP contribution >= 0.6 is 0 Å². The van der Waals surface area contributed by atoms with Gasteiger partial charge in [0.1, 0.15) is 17.2 Å². The van der Waals surface area contributed by atoms with Crippen molar-refractivity contribution in [1.82, 2.24) is 10.6 Å². The molecule has 0 aromatic heterocycles. The lowest BCUT2D eigenvalue weighted by atomic mass is 10.1. The second-order valence-electron chi connectivity index (χ2n) is 6.16. The van der Waals surface area contributed by atoms with Crippen LogP contribution in [0.2, 0.25) is 0 Å². The summed E-state index contributed by atoms with van der Waals surface area (Å²) in [6, 6.07) is 3.69. The summed E-state index contributed by atoms with van der Waals surface area (Å²) in [5.74, 6) is -0.318. The molecule has 1 aromatic rings. The highest BCUT2D eigenvalue weighted by Crippen LogP contribution is 2.24. The maximum absolute atomic E-state index is 13.2. The van der Waals surface area contributed by atoms with Crippen molar-refractivity contribution < 1.29 is 19.0 Å². The number of carbonyl (C=O) groups excluding carboxylic acids is 1. The number of rotatable bonds is 6. The highest BCUT2D eigenvalue weighted by atomic mass is 19.1. The van der Waals surface area contributed by atoms with Gasteiger partial charge in [0.2, 0.25) is 0 Å². The van der Waals surface area contributed by atoms with Crippen LogP contribution in [0.1, 0.15) is 45.7 Å². The molecule has 1 unspecified atom stereocenters. The number of aromatic hydroxyl groups is 1. The number of carbonyl (C=O) groups is 1. The van der Waals surface area contributed by atoms with E-state index in [2.05, 4.69) is 10.6 Å². The van der Waals surface area contributed by atoms with Crippen LogP contribution in [-0.2, 0) is 4.74 Å². The van der Waals surface area contributed by atoms with Crippen LogP contribution in [0.3, 0.4) is 0 Å². The Morgan fingerprint density at radius 3 is 2.68 bits per heavy atom. The number of ether oxygens (including phenoxy) is 1. The van der Waals surface area contributed by atoms with Crippen molar-refractivity contribution in [3.63, 3.8) is 0 Å². The molecule has 1 amide bonds. The minimum absolute atomic E-state index is 0.0632. The Labute approximate surface area is 130 Å². The molecule has 22 heavy (non-hydrogen) atoms. The number of amides is 1. The molecule has 0 heterocycles. The van der Waals surface area contributed by atoms with Gasteiger partial charge < -0.3 is 20.5 Å². The van der Waals surface area contributed by atoms with Crippen molar-refractivity contribution >= 4 is 6.09 Å². The molecule has 0 bridgehead atoms. The van der Waals surface area contributed by atoms with Gasteiger partial charge in [-0.25, -0.2) is 9.18 Å². The first-order chi connectivity index (χ1) is 10.2. The summed E-state index contributed by atoms with van der Waals surface area (Å²) < 4.78 is 18.3. The van der Waals surface area contributed by atoms with Gasteiger partial charge in [0, 0.05) is 18.2 Å². The standard InChI is InChI=1S/C16H25FN2O3/c1-11(13-10-12(17)6-7-14(13)20)18-8-5-9-19-15(21)22-16(2,3)4/h6-7,10-11,18,20H,5,8-9H2,1-4H3,(H,19,21). The predicted molar refractivity (Wildman–Crippen MR) is 83.3 cm³/mol. The quantitative estimate of drug-likeness (QED) is 0.706. The highest BCUT2D eigenvalue weighted by molar-refractivity contribution is 5.67. The van der Waals surface area contributed by atoms with E-state index in [1.54, 1.807) is 20.8 Å². The topological polar surface area (TPSA) is 70.6 Å². The highest BCUT2D eigenvalue weighted by Gasteiger charge is 2.15. The monoisotopic (exact) mass is 312 g/mol. The molecular formula is C16H25FN2O3. The molecule has 3 N–H and O–H groups in total. The normalized spacial score (nSPS) is 12.8. The van der Waals surface area contributed by atoms with E-state index < -0.39 is 11.7 Å². The van der Waals surface area contributed by atoms with Crippen molar-refractivity contribution in [3.05, 3.63) is 29.6 Å². The lowest BCUT2D eigenvalue weighted by Crippen LogP contribution is -2.34. The van der Waals surface area contributed by atoms with Crippen LogP contribution in [0.4, 0.5) is 9.18 Å². The summed E-state index contributed by atoms with van der Waals surface area (Å²) in [7, 11) is 0. The van der Waals surface area contributed by atoms with Crippen molar-refractivity contribution in [2.75, 3.05) is 13.1 Å². The number of phenolic OH excluding ortho intramolecular Hbond substituents is 1. The maximum atomic E-state index is 13.2. The van der Waals surface area contributed by atoms with Crippen molar-refractivity contribution in [2.24, 2.45) is 0 Å². The maximum Gasteiger partial charge on any atom is 0.407 e. The van der Waals surface area contributed by atoms with Crippen LogP contribution in [-0.4, -0.2) is 29.9 Å². The first-order valence-corrected chi connectivity index (χ1v) is 7.37. The largest absolute Gasteiger partial charge is 0.508 e. The Morgan fingerprint density at radius 1 is 1.36 bits per heavy atom. The third kappa shape index (κ3) is 6.76. The average molecular weight is 312 g/mol. The van der Waals surface area contributed by atoms with Crippen LogP contribution in [0.25, 0.3) is 0 Å². The Kier molecular flexibility index (Phi) is 6.61. The van der Waals surface area contributed by atoms with Gasteiger partial charge in [-0.1, -0.05) is 0 Å². The first-order valence-electron chi connectivity index (χ1n) is 7.37. The Bertz CT molecular complexity index is 501. The van der Waals surface area contributed by atoms with E-state index in [0.717, 1.165) is 0 Å². The fourth-order valence-corrected chi connectivity index (χ4v) is 1.89. The van der Waals surface area contributed by atoms with E-state index in [4.69, 9.17) is 4.74 Å². The van der Waals surface area contributed by atoms with Crippen LogP contribution < -0.4 is 10.6 Å². The van der Waals surface area contributed by atoms with Gasteiger partial charge in [-0.15, -0.1) is 0 Å². The molecule has 0 aliphatic heterocycles. The number of nitrogens with one attached hydrogen (secondary N) is 2. The van der Waals surface area contributed by atoms with Gasteiger partial charge in [0.05, 0.1) is 0 Å². The van der Waals surface area contributed by atoms with Gasteiger partial charge in [0.25, 0.3) is 0 Å². The summed E-state index contributed by atoms with van der Waals surface area (Å²) >= 11 is 0. The molecule has 0 saturated heterocycles. The molecule has 0 radical (unpaired) electrons. The fraction of sp³-hybridized carbons (Fsp3) is 0.562. The van der Waals surface area contributed by atoms with Gasteiger partial charge in [-0.05, 0) is 58.9 Å². The van der Waals surface area contributed by atoms with Crippen molar-refractivity contribution in [2.45, 2.75) is 45.8 Å². The summed E-state index contributed by atoms with van der Waals surface area (Å²) in [5, 5.41) is 15.5. The van der Waals surface area contributed by atoms with E-state index in [-0.39, 0.29) is 17.6 Å². The third-order valence-electron chi connectivity index (χ3n) is 2.93. The lowest BCUT2D eigenvalue weighted by molar-refractivity contribution is 0.0527. The summed E-state index contributed by atoms with van der Waals surface area (Å²) in [6.45, 7) is 8.36. The molecule has 0 aliphatic carbocycles. The van der Waals surface area contributed by atoms with E-state index >= 15 is 0 Å². The number of hydrogen-bond acceptors (Lipinski definition) is 4. The third-order valence-corrected chi connectivity index (χ3v) is 2.93. The van der Waals surface area contributed by atoms with E-state index in [9.17, 15) is 14.3 Å². The summed E-state index contributed by atoms with van der Waals surface area (Å²) in [4.78, 5) is 11.4. The van der Waals surface area contributed by atoms with E-state index in [1.165, 1.54) is 18.2 Å². The van der Waals surface area contributed by atoms with Crippen LogP contribution in [0, 0.1) is 5.82 Å². The molecule has 124 valence electrons. The predicted octanol–water partition coefficient (Wildman–Crippen LogP) is 3.10. The fourth-order valence-electron chi connectivity index (χ4n) is 1.89. The van der Waals surface area contributed by atoms with E-state index in [0.29, 0.717) is 25.1 Å². The van der Waals surface area contributed by atoms with Gasteiger partial charge in [-0.2, -0.15) is 0 Å². The number of benzene rings is 1. The summed E-state index contributed by atoms with van der Waals surface area (Å²) in [5.41, 5.74) is 0.00580. The second-order valence-corrected chi connectivity index (χ2v) is 6.16. The molecule has 1 atom stereocenters. The second kappa shape index (κ2) is 7.98. The first kappa shape index (κ1) is 18.2. The van der Waals surface area contributed by atoms with Gasteiger partial charge >= 0.3 is 6.09 Å². The van der Waals surface area contributed by atoms with Crippen molar-refractivity contribution in [3.8, 4) is 5.75 Å². The zero-order valence-corrected chi connectivity index (χ0v) is 13.6. The van der Waals surface area contributed by atoms with Crippen molar-refractivity contribution in [1.29, 1.82) is 0 Å². The minimum Gasteiger partial charge on any atom is -0.508 e. The molecular weight excluding hydrogens is 287 g/mol. The lowest BCUT2D eigenvalue weighted by Gasteiger charge is -2.20. The molecule has 0 saturated carbocycles. The Balaban J connectivity index is 2.27. The molecule has 1 aromatic carbocycles. The zero-order valence-electron chi connectivity index (χ0n) is 13.6. The molecule has 1 rings (SSSR count). The number of hydrogen-bond donors (Lipinski definition) is 3. The number of halogens is 1. The van der Waals surface area contributed by atoms with Gasteiger partial charge in [0.15, 0.2) is 0 Å². The Hall–Kier alpha value is -1.82. The van der Waals surface area contributed by atoms with Crippen LogP contribution in [0.5, 0.6) is 5.75 Å². The molecule has 0 spiro atoms. The molecule has 0 aliphatic rings. The molecule has 5 nitrogen and oxygen atoms in total. The number of phenols is 1. The van der Waals surface area contributed by atoms with Gasteiger partial charge in [-0.3, -0.25) is 0 Å². The summed E-state index contributed by atoms with van der Waals surface area (Å²) in [6.07, 6.45) is 0.253.